The smallest absolute Gasteiger partial charge is 0.155 e. The zero-order valence-electron chi connectivity index (χ0n) is 8.01. The first kappa shape index (κ1) is 11.8. The van der Waals surface area contributed by atoms with Crippen LogP contribution in [0, 0.1) is 0 Å². The zero-order valence-corrected chi connectivity index (χ0v) is 8.01. The van der Waals surface area contributed by atoms with Crippen LogP contribution in [0.1, 0.15) is 33.1 Å². The molecule has 1 aliphatic heterocycles. The molecule has 0 amide bonds. The van der Waals surface area contributed by atoms with E-state index in [2.05, 4.69) is 6.92 Å². The number of alkyl halides is 1. The van der Waals surface area contributed by atoms with Crippen LogP contribution in [0.2, 0.25) is 0 Å². The van der Waals surface area contributed by atoms with Crippen molar-refractivity contribution in [2.75, 3.05) is 19.9 Å². The summed E-state index contributed by atoms with van der Waals surface area (Å²) in [7, 11) is 0. The molecular weight excluding hydrogens is 159 g/mol. The molecule has 74 valence electrons. The summed E-state index contributed by atoms with van der Waals surface area (Å²) < 4.78 is 21.0. The van der Waals surface area contributed by atoms with Gasteiger partial charge in [-0.2, -0.15) is 0 Å². The Kier molecular flexibility index (Phi) is 8.83. The largest absolute Gasteiger partial charge is 0.351 e. The maximum Gasteiger partial charge on any atom is 0.155 e. The molecule has 0 aliphatic carbocycles. The molecule has 3 heteroatoms. The van der Waals surface area contributed by atoms with E-state index in [-0.39, 0.29) is 13.0 Å². The highest BCUT2D eigenvalue weighted by molar-refractivity contribution is 4.40. The van der Waals surface area contributed by atoms with Gasteiger partial charge < -0.3 is 9.47 Å². The number of ether oxygens (including phenoxy) is 2. The van der Waals surface area contributed by atoms with Gasteiger partial charge in [-0.1, -0.05) is 19.8 Å². The molecule has 0 bridgehead atoms. The first-order valence-corrected chi connectivity index (χ1v) is 4.60. The van der Waals surface area contributed by atoms with Gasteiger partial charge in [-0.3, -0.25) is 4.39 Å². The lowest BCUT2D eigenvalue weighted by atomic mass is 10.3. The summed E-state index contributed by atoms with van der Waals surface area (Å²) in [5.41, 5.74) is 0. The van der Waals surface area contributed by atoms with Crippen LogP contribution in [-0.4, -0.2) is 26.2 Å². The van der Waals surface area contributed by atoms with E-state index < -0.39 is 0 Å². The lowest BCUT2D eigenvalue weighted by molar-refractivity contribution is -0.0254. The average Bonchev–Trinajstić information content (AvgIpc) is 2.53. The Balaban J connectivity index is 0.000000202. The average molecular weight is 178 g/mol. The van der Waals surface area contributed by atoms with E-state index in [0.29, 0.717) is 0 Å². The Morgan fingerprint density at radius 2 is 1.83 bits per heavy atom. The van der Waals surface area contributed by atoms with Crippen LogP contribution < -0.4 is 0 Å². The van der Waals surface area contributed by atoms with Crippen molar-refractivity contribution in [2.45, 2.75) is 39.4 Å². The molecular formula is C9H19FO2. The lowest BCUT2D eigenvalue weighted by Gasteiger charge is -1.94. The maximum atomic E-state index is 11.2. The van der Waals surface area contributed by atoms with Crippen molar-refractivity contribution < 1.29 is 13.9 Å². The first-order valence-electron chi connectivity index (χ1n) is 4.60. The van der Waals surface area contributed by atoms with E-state index in [1.54, 1.807) is 0 Å². The number of halogens is 1. The molecule has 0 aromatic rings. The Labute approximate surface area is 74.1 Å². The molecule has 0 aromatic carbocycles. The summed E-state index contributed by atoms with van der Waals surface area (Å²) in [6.07, 6.45) is 2.95. The molecule has 0 saturated carbocycles. The minimum absolute atomic E-state index is 0.0463. The molecule has 1 fully saturated rings. The number of hydrogen-bond acceptors (Lipinski definition) is 2. The van der Waals surface area contributed by atoms with Gasteiger partial charge in [0, 0.05) is 0 Å². The fourth-order valence-electron chi connectivity index (χ4n) is 0.821. The number of rotatable bonds is 3. The topological polar surface area (TPSA) is 18.5 Å². The minimum atomic E-state index is -0.145. The van der Waals surface area contributed by atoms with Gasteiger partial charge in [0.1, 0.15) is 0 Å². The van der Waals surface area contributed by atoms with Crippen molar-refractivity contribution in [3.8, 4) is 0 Å². The predicted octanol–water partition coefficient (Wildman–Crippen LogP) is 2.53. The summed E-state index contributed by atoms with van der Waals surface area (Å²) >= 11 is 0. The van der Waals surface area contributed by atoms with Gasteiger partial charge in [0.2, 0.25) is 0 Å². The van der Waals surface area contributed by atoms with E-state index in [0.717, 1.165) is 32.5 Å². The third-order valence-corrected chi connectivity index (χ3v) is 1.53. The van der Waals surface area contributed by atoms with Crippen LogP contribution in [0.5, 0.6) is 0 Å². The van der Waals surface area contributed by atoms with Gasteiger partial charge >= 0.3 is 0 Å². The molecule has 0 radical (unpaired) electrons. The van der Waals surface area contributed by atoms with E-state index in [1.807, 2.05) is 6.92 Å². The summed E-state index contributed by atoms with van der Waals surface area (Å²) in [5, 5.41) is 0. The number of unbranched alkanes of at least 4 members (excludes halogenated alkanes) is 2. The first-order chi connectivity index (χ1) is 5.81. The maximum absolute atomic E-state index is 11.2. The second-order valence-corrected chi connectivity index (χ2v) is 2.71. The molecule has 0 aromatic heterocycles. The van der Waals surface area contributed by atoms with Crippen molar-refractivity contribution in [2.24, 2.45) is 0 Å². The van der Waals surface area contributed by atoms with Crippen molar-refractivity contribution in [3.63, 3.8) is 0 Å². The normalized spacial score (nSPS) is 17.2. The fourth-order valence-corrected chi connectivity index (χ4v) is 0.821. The molecule has 0 N–H and O–H groups in total. The Hall–Kier alpha value is -0.150. The molecule has 0 spiro atoms. The molecule has 1 saturated heterocycles. The van der Waals surface area contributed by atoms with Gasteiger partial charge in [-0.15, -0.1) is 0 Å². The highest BCUT2D eigenvalue weighted by Crippen LogP contribution is 1.99. The Morgan fingerprint density at radius 3 is 2.00 bits per heavy atom. The summed E-state index contributed by atoms with van der Waals surface area (Å²) in [5.74, 6) is 0. The van der Waals surface area contributed by atoms with E-state index >= 15 is 0 Å². The molecule has 1 heterocycles. The minimum Gasteiger partial charge on any atom is -0.351 e. The van der Waals surface area contributed by atoms with Crippen molar-refractivity contribution in [1.82, 2.24) is 0 Å². The summed E-state index contributed by atoms with van der Waals surface area (Å²) in [6.45, 7) is 5.35. The quantitative estimate of drug-likeness (QED) is 0.618. The van der Waals surface area contributed by atoms with Crippen molar-refractivity contribution in [1.29, 1.82) is 0 Å². The highest BCUT2D eigenvalue weighted by atomic mass is 19.1. The third kappa shape index (κ3) is 7.95. The van der Waals surface area contributed by atoms with E-state index in [1.165, 1.54) is 0 Å². The van der Waals surface area contributed by atoms with Crippen LogP contribution >= 0.6 is 0 Å². The monoisotopic (exact) mass is 178 g/mol. The standard InChI is InChI=1S/C5H11F.C4H8O2/c1-2-3-4-5-6;1-4-5-2-3-6-4/h2-5H2,1H3;4H,2-3H2,1H3. The molecule has 2 nitrogen and oxygen atoms in total. The van der Waals surface area contributed by atoms with Gasteiger partial charge in [0.15, 0.2) is 6.29 Å². The van der Waals surface area contributed by atoms with Gasteiger partial charge in [0.05, 0.1) is 19.9 Å². The predicted molar refractivity (Wildman–Crippen MR) is 46.9 cm³/mol. The van der Waals surface area contributed by atoms with Crippen LogP contribution in [0.15, 0.2) is 0 Å². The van der Waals surface area contributed by atoms with Crippen molar-refractivity contribution >= 4 is 0 Å². The molecule has 12 heavy (non-hydrogen) atoms. The number of hydrogen-bond donors (Lipinski definition) is 0. The van der Waals surface area contributed by atoms with Crippen LogP contribution in [0.4, 0.5) is 4.39 Å². The van der Waals surface area contributed by atoms with Crippen LogP contribution in [0.25, 0.3) is 0 Å². The Bertz CT molecular complexity index is 78.6. The summed E-state index contributed by atoms with van der Waals surface area (Å²) in [6, 6.07) is 0. The van der Waals surface area contributed by atoms with Gasteiger partial charge in [-0.05, 0) is 13.3 Å². The molecule has 1 rings (SSSR count). The Morgan fingerprint density at radius 1 is 1.25 bits per heavy atom. The van der Waals surface area contributed by atoms with Gasteiger partial charge in [0.25, 0.3) is 0 Å². The van der Waals surface area contributed by atoms with Gasteiger partial charge in [-0.25, -0.2) is 0 Å². The van der Waals surface area contributed by atoms with E-state index in [9.17, 15) is 4.39 Å². The van der Waals surface area contributed by atoms with Crippen LogP contribution in [0.3, 0.4) is 0 Å². The summed E-state index contributed by atoms with van der Waals surface area (Å²) in [4.78, 5) is 0. The second kappa shape index (κ2) is 8.94. The fraction of sp³-hybridized carbons (Fsp3) is 1.00. The second-order valence-electron chi connectivity index (χ2n) is 2.71. The molecule has 0 atom stereocenters. The van der Waals surface area contributed by atoms with Crippen molar-refractivity contribution in [3.05, 3.63) is 0 Å². The zero-order chi connectivity index (χ0) is 9.23. The highest BCUT2D eigenvalue weighted by Gasteiger charge is 2.07. The lowest BCUT2D eigenvalue weighted by Crippen LogP contribution is -1.97. The molecule has 1 aliphatic rings. The third-order valence-electron chi connectivity index (χ3n) is 1.53. The van der Waals surface area contributed by atoms with Crippen LogP contribution in [-0.2, 0) is 9.47 Å². The SMILES string of the molecule is CC1OCCO1.CCCCCF. The molecule has 0 unspecified atom stereocenters. The van der Waals surface area contributed by atoms with E-state index in [4.69, 9.17) is 9.47 Å².